The van der Waals surface area contributed by atoms with Gasteiger partial charge in [-0.3, -0.25) is 4.79 Å². The van der Waals surface area contributed by atoms with Crippen LogP contribution in [0.1, 0.15) is 30.0 Å². The second kappa shape index (κ2) is 5.99. The van der Waals surface area contributed by atoms with Gasteiger partial charge in [0.1, 0.15) is 12.3 Å². The lowest BCUT2D eigenvalue weighted by atomic mass is 9.87. The molecule has 0 saturated heterocycles. The van der Waals surface area contributed by atoms with E-state index in [-0.39, 0.29) is 11.9 Å². The van der Waals surface area contributed by atoms with Gasteiger partial charge >= 0.3 is 0 Å². The number of carbonyl (C=O) groups is 1. The Balaban J connectivity index is 1.71. The molecule has 5 nitrogen and oxygen atoms in total. The van der Waals surface area contributed by atoms with E-state index in [0.29, 0.717) is 6.54 Å². The number of nitrogens with one attached hydrogen (secondary N) is 1. The lowest BCUT2D eigenvalue weighted by Crippen LogP contribution is -2.33. The van der Waals surface area contributed by atoms with E-state index in [1.807, 2.05) is 6.07 Å². The number of hydrogen-bond acceptors (Lipinski definition) is 3. The second-order valence-corrected chi connectivity index (χ2v) is 5.31. The number of carbonyl (C=O) groups excluding carboxylic acids is 1. The molecule has 1 aliphatic carbocycles. The average Bonchev–Trinajstić information content (AvgIpc) is 2.99. The Morgan fingerprint density at radius 2 is 2.43 bits per heavy atom. The number of methoxy groups -OCH3 is 1. The molecule has 1 atom stereocenters. The largest absolute Gasteiger partial charge is 0.497 e. The summed E-state index contributed by atoms with van der Waals surface area (Å²) in [6.45, 7) is 0.308. The number of imidazole rings is 1. The monoisotopic (exact) mass is 285 g/mol. The molecule has 1 aliphatic rings. The molecule has 1 amide bonds. The zero-order chi connectivity index (χ0) is 14.7. The Bertz CT molecular complexity index is 622. The summed E-state index contributed by atoms with van der Waals surface area (Å²) < 4.78 is 7.04. The molecule has 0 unspecified atom stereocenters. The number of amides is 1. The van der Waals surface area contributed by atoms with Crippen LogP contribution in [0.3, 0.4) is 0 Å². The lowest BCUT2D eigenvalue weighted by Gasteiger charge is -2.26. The van der Waals surface area contributed by atoms with E-state index in [2.05, 4.69) is 22.4 Å². The third-order valence-corrected chi connectivity index (χ3v) is 3.89. The van der Waals surface area contributed by atoms with Crippen molar-refractivity contribution in [3.8, 4) is 5.75 Å². The van der Waals surface area contributed by atoms with Gasteiger partial charge in [0.25, 0.3) is 0 Å². The van der Waals surface area contributed by atoms with Crippen LogP contribution < -0.4 is 10.1 Å². The summed E-state index contributed by atoms with van der Waals surface area (Å²) in [4.78, 5) is 16.1. The molecule has 5 heteroatoms. The molecule has 2 aromatic rings. The van der Waals surface area contributed by atoms with E-state index >= 15 is 0 Å². The molecule has 0 aliphatic heterocycles. The summed E-state index contributed by atoms with van der Waals surface area (Å²) in [5.74, 6) is 0.890. The first-order valence-electron chi connectivity index (χ1n) is 7.18. The molecule has 1 aromatic heterocycles. The highest BCUT2D eigenvalue weighted by atomic mass is 16.5. The van der Waals surface area contributed by atoms with E-state index in [4.69, 9.17) is 4.74 Å². The van der Waals surface area contributed by atoms with Gasteiger partial charge in [-0.1, -0.05) is 6.07 Å². The van der Waals surface area contributed by atoms with Gasteiger partial charge in [-0.15, -0.1) is 0 Å². The summed E-state index contributed by atoms with van der Waals surface area (Å²) in [6, 6.07) is 6.19. The number of fused-ring (bicyclic) bond motifs is 1. The molecule has 1 N–H and O–H groups in total. The number of hydrogen-bond donors (Lipinski definition) is 1. The summed E-state index contributed by atoms with van der Waals surface area (Å²) in [6.07, 6.45) is 8.22. The molecule has 110 valence electrons. The fraction of sp³-hybridized carbons (Fsp3) is 0.375. The van der Waals surface area contributed by atoms with Crippen molar-refractivity contribution in [3.05, 3.63) is 48.0 Å². The molecule has 0 bridgehead atoms. The Morgan fingerprint density at radius 1 is 1.52 bits per heavy atom. The van der Waals surface area contributed by atoms with Crippen molar-refractivity contribution < 1.29 is 9.53 Å². The Kier molecular flexibility index (Phi) is 3.90. The van der Waals surface area contributed by atoms with Crippen molar-refractivity contribution in [2.45, 2.75) is 31.8 Å². The molecular weight excluding hydrogens is 266 g/mol. The average molecular weight is 285 g/mol. The minimum atomic E-state index is 0.0154. The third kappa shape index (κ3) is 3.07. The molecule has 0 spiro atoms. The van der Waals surface area contributed by atoms with Crippen LogP contribution >= 0.6 is 0 Å². The quantitative estimate of drug-likeness (QED) is 0.935. The number of rotatable bonds is 4. The molecule has 0 saturated carbocycles. The summed E-state index contributed by atoms with van der Waals surface area (Å²) in [5, 5.41) is 3.12. The fourth-order valence-corrected chi connectivity index (χ4v) is 2.85. The van der Waals surface area contributed by atoms with Crippen LogP contribution in [0, 0.1) is 0 Å². The Labute approximate surface area is 124 Å². The van der Waals surface area contributed by atoms with Crippen LogP contribution in [-0.4, -0.2) is 22.6 Å². The standard InChI is InChI=1S/C16H19N3O2/c1-21-13-5-6-14-12(9-13)3-2-4-15(14)18-16(20)10-19-8-7-17-11-19/h5-9,11,15H,2-4,10H2,1H3,(H,18,20)/t15-/m1/s1. The van der Waals surface area contributed by atoms with Crippen LogP contribution in [0.4, 0.5) is 0 Å². The highest BCUT2D eigenvalue weighted by Gasteiger charge is 2.22. The number of aromatic nitrogens is 2. The smallest absolute Gasteiger partial charge is 0.240 e. The van der Waals surface area contributed by atoms with Crippen molar-refractivity contribution in [2.24, 2.45) is 0 Å². The number of benzene rings is 1. The third-order valence-electron chi connectivity index (χ3n) is 3.89. The van der Waals surface area contributed by atoms with Gasteiger partial charge in [0, 0.05) is 12.4 Å². The van der Waals surface area contributed by atoms with Gasteiger partial charge in [-0.2, -0.15) is 0 Å². The highest BCUT2D eigenvalue weighted by molar-refractivity contribution is 5.76. The second-order valence-electron chi connectivity index (χ2n) is 5.31. The van der Waals surface area contributed by atoms with Gasteiger partial charge in [-0.05, 0) is 42.5 Å². The summed E-state index contributed by atoms with van der Waals surface area (Å²) in [5.41, 5.74) is 2.48. The van der Waals surface area contributed by atoms with Crippen LogP contribution in [-0.2, 0) is 17.8 Å². The maximum Gasteiger partial charge on any atom is 0.240 e. The van der Waals surface area contributed by atoms with E-state index in [1.165, 1.54) is 11.1 Å². The number of aryl methyl sites for hydroxylation is 1. The highest BCUT2D eigenvalue weighted by Crippen LogP contribution is 2.32. The van der Waals surface area contributed by atoms with E-state index in [9.17, 15) is 4.79 Å². The summed E-state index contributed by atoms with van der Waals surface area (Å²) >= 11 is 0. The first-order valence-corrected chi connectivity index (χ1v) is 7.18. The van der Waals surface area contributed by atoms with Crippen molar-refractivity contribution in [2.75, 3.05) is 7.11 Å². The van der Waals surface area contributed by atoms with Crippen LogP contribution in [0.5, 0.6) is 5.75 Å². The maximum absolute atomic E-state index is 12.1. The number of ether oxygens (including phenoxy) is 1. The van der Waals surface area contributed by atoms with Gasteiger partial charge in [0.15, 0.2) is 0 Å². The van der Waals surface area contributed by atoms with E-state index in [1.54, 1.807) is 30.4 Å². The summed E-state index contributed by atoms with van der Waals surface area (Å²) in [7, 11) is 1.68. The van der Waals surface area contributed by atoms with Gasteiger partial charge < -0.3 is 14.6 Å². The zero-order valence-corrected chi connectivity index (χ0v) is 12.1. The van der Waals surface area contributed by atoms with Crippen LogP contribution in [0.15, 0.2) is 36.9 Å². The Hall–Kier alpha value is -2.30. The molecule has 1 heterocycles. The fourth-order valence-electron chi connectivity index (χ4n) is 2.85. The van der Waals surface area contributed by atoms with Crippen molar-refractivity contribution in [1.82, 2.24) is 14.9 Å². The van der Waals surface area contributed by atoms with E-state index < -0.39 is 0 Å². The number of nitrogens with zero attached hydrogens (tertiary/aromatic N) is 2. The van der Waals surface area contributed by atoms with Crippen LogP contribution in [0.25, 0.3) is 0 Å². The molecule has 21 heavy (non-hydrogen) atoms. The normalized spacial score (nSPS) is 17.1. The minimum Gasteiger partial charge on any atom is -0.497 e. The molecule has 0 radical (unpaired) electrons. The SMILES string of the molecule is COc1ccc2c(c1)CCC[C@H]2NC(=O)Cn1ccnc1. The molecule has 0 fully saturated rings. The minimum absolute atomic E-state index is 0.0154. The Morgan fingerprint density at radius 3 is 3.19 bits per heavy atom. The predicted molar refractivity (Wildman–Crippen MR) is 79.0 cm³/mol. The van der Waals surface area contributed by atoms with Crippen molar-refractivity contribution >= 4 is 5.91 Å². The van der Waals surface area contributed by atoms with E-state index in [0.717, 1.165) is 25.0 Å². The van der Waals surface area contributed by atoms with Gasteiger partial charge in [-0.25, -0.2) is 4.98 Å². The zero-order valence-electron chi connectivity index (χ0n) is 12.1. The lowest BCUT2D eigenvalue weighted by molar-refractivity contribution is -0.122. The maximum atomic E-state index is 12.1. The van der Waals surface area contributed by atoms with Gasteiger partial charge in [0.2, 0.25) is 5.91 Å². The molecular formula is C16H19N3O2. The topological polar surface area (TPSA) is 56.1 Å². The van der Waals surface area contributed by atoms with Crippen molar-refractivity contribution in [3.63, 3.8) is 0 Å². The first-order chi connectivity index (χ1) is 10.3. The van der Waals surface area contributed by atoms with Crippen LogP contribution in [0.2, 0.25) is 0 Å². The molecule has 3 rings (SSSR count). The van der Waals surface area contributed by atoms with Gasteiger partial charge in [0.05, 0.1) is 19.5 Å². The first kappa shape index (κ1) is 13.7. The van der Waals surface area contributed by atoms with Crippen molar-refractivity contribution in [1.29, 1.82) is 0 Å². The molecule has 1 aromatic carbocycles. The predicted octanol–water partition coefficient (Wildman–Crippen LogP) is 2.09.